The number of hydrogen-bond acceptors (Lipinski definition) is 8. The Morgan fingerprint density at radius 1 is 1.09 bits per heavy atom. The number of rotatable bonds is 6. The summed E-state index contributed by atoms with van der Waals surface area (Å²) >= 11 is 1.38. The van der Waals surface area contributed by atoms with Gasteiger partial charge in [-0.15, -0.1) is 0 Å². The minimum atomic E-state index is 0.0503. The number of pyridine rings is 1. The van der Waals surface area contributed by atoms with Gasteiger partial charge >= 0.3 is 0 Å². The summed E-state index contributed by atoms with van der Waals surface area (Å²) in [5.41, 5.74) is 7.90. The SMILES string of the molecule is CNc1nc(-c2ccc(N3CCN(C(=O)C4=CSNN4)CC3)cc2)ccc1NCC(C)(C)C. The molecule has 33 heavy (non-hydrogen) atoms. The van der Waals surface area contributed by atoms with Gasteiger partial charge in [-0.1, -0.05) is 32.9 Å². The Labute approximate surface area is 200 Å². The third-order valence-electron chi connectivity index (χ3n) is 5.69. The van der Waals surface area contributed by atoms with Crippen LogP contribution in [-0.4, -0.2) is 55.6 Å². The molecule has 0 saturated carbocycles. The molecule has 0 spiro atoms. The summed E-state index contributed by atoms with van der Waals surface area (Å²) in [5.74, 6) is 0.899. The first kappa shape index (κ1) is 23.3. The Balaban J connectivity index is 1.39. The van der Waals surface area contributed by atoms with E-state index in [9.17, 15) is 4.79 Å². The smallest absolute Gasteiger partial charge is 0.272 e. The van der Waals surface area contributed by atoms with Crippen LogP contribution < -0.4 is 25.8 Å². The molecule has 1 amide bonds. The molecule has 0 unspecified atom stereocenters. The van der Waals surface area contributed by atoms with Crippen LogP contribution in [0.5, 0.6) is 0 Å². The van der Waals surface area contributed by atoms with Crippen molar-refractivity contribution in [1.29, 1.82) is 0 Å². The fourth-order valence-electron chi connectivity index (χ4n) is 3.80. The summed E-state index contributed by atoms with van der Waals surface area (Å²) in [5, 5.41) is 8.52. The Kier molecular flexibility index (Phi) is 6.99. The van der Waals surface area contributed by atoms with Crippen LogP contribution in [-0.2, 0) is 4.79 Å². The number of hydrogen-bond donors (Lipinski definition) is 4. The van der Waals surface area contributed by atoms with Crippen LogP contribution in [0.2, 0.25) is 0 Å². The molecule has 1 saturated heterocycles. The molecule has 9 heteroatoms. The quantitative estimate of drug-likeness (QED) is 0.481. The minimum Gasteiger partial charge on any atom is -0.382 e. The van der Waals surface area contributed by atoms with Crippen molar-refractivity contribution in [2.45, 2.75) is 20.8 Å². The number of piperazine rings is 1. The van der Waals surface area contributed by atoms with Crippen molar-refractivity contribution in [3.8, 4) is 11.3 Å². The third-order valence-corrected chi connectivity index (χ3v) is 6.26. The topological polar surface area (TPSA) is 84.6 Å². The molecule has 0 radical (unpaired) electrons. The van der Waals surface area contributed by atoms with Crippen LogP contribution in [0.25, 0.3) is 11.3 Å². The second kappa shape index (κ2) is 9.93. The van der Waals surface area contributed by atoms with Crippen molar-refractivity contribution in [2.75, 3.05) is 55.3 Å². The minimum absolute atomic E-state index is 0.0503. The monoisotopic (exact) mass is 467 g/mol. The van der Waals surface area contributed by atoms with Crippen molar-refractivity contribution in [3.05, 3.63) is 47.5 Å². The van der Waals surface area contributed by atoms with E-state index < -0.39 is 0 Å². The van der Waals surface area contributed by atoms with E-state index in [0.717, 1.165) is 42.4 Å². The van der Waals surface area contributed by atoms with Gasteiger partial charge in [-0.05, 0) is 41.6 Å². The Morgan fingerprint density at radius 3 is 2.42 bits per heavy atom. The lowest BCUT2D eigenvalue weighted by Crippen LogP contribution is -2.50. The van der Waals surface area contributed by atoms with Gasteiger partial charge in [-0.2, -0.15) is 4.83 Å². The van der Waals surface area contributed by atoms with Gasteiger partial charge in [0.1, 0.15) is 11.5 Å². The van der Waals surface area contributed by atoms with Crippen molar-refractivity contribution in [3.63, 3.8) is 0 Å². The average Bonchev–Trinajstić information content (AvgIpc) is 3.37. The molecule has 0 atom stereocenters. The first-order valence-electron chi connectivity index (χ1n) is 11.3. The lowest BCUT2D eigenvalue weighted by Gasteiger charge is -2.36. The van der Waals surface area contributed by atoms with Gasteiger partial charge in [0.2, 0.25) is 0 Å². The predicted molar refractivity (Wildman–Crippen MR) is 138 cm³/mol. The molecule has 3 heterocycles. The summed E-state index contributed by atoms with van der Waals surface area (Å²) in [4.78, 5) is 24.4. The zero-order chi connectivity index (χ0) is 23.4. The number of nitrogens with one attached hydrogen (secondary N) is 4. The molecular weight excluding hydrogens is 434 g/mol. The van der Waals surface area contributed by atoms with Crippen molar-refractivity contribution < 1.29 is 4.79 Å². The molecule has 1 aromatic carbocycles. The van der Waals surface area contributed by atoms with Crippen LogP contribution in [0.4, 0.5) is 17.2 Å². The highest BCUT2D eigenvalue weighted by atomic mass is 32.2. The fourth-order valence-corrected chi connectivity index (χ4v) is 4.31. The summed E-state index contributed by atoms with van der Waals surface area (Å²) in [7, 11) is 1.90. The summed E-state index contributed by atoms with van der Waals surface area (Å²) in [6, 6.07) is 12.7. The van der Waals surface area contributed by atoms with E-state index in [0.29, 0.717) is 18.8 Å². The number of anilines is 3. The van der Waals surface area contributed by atoms with Crippen LogP contribution in [0.15, 0.2) is 47.5 Å². The summed E-state index contributed by atoms with van der Waals surface area (Å²) in [6.45, 7) is 10.6. The third kappa shape index (κ3) is 5.72. The van der Waals surface area contributed by atoms with Crippen LogP contribution in [0.1, 0.15) is 20.8 Å². The number of carbonyl (C=O) groups excluding carboxylic acids is 1. The average molecular weight is 468 g/mol. The number of amides is 1. The summed E-state index contributed by atoms with van der Waals surface area (Å²) in [6.07, 6.45) is 0. The largest absolute Gasteiger partial charge is 0.382 e. The van der Waals surface area contributed by atoms with Gasteiger partial charge in [0.25, 0.3) is 5.91 Å². The highest BCUT2D eigenvalue weighted by Crippen LogP contribution is 2.28. The number of nitrogens with zero attached hydrogens (tertiary/aromatic N) is 3. The van der Waals surface area contributed by atoms with Crippen molar-refractivity contribution >= 4 is 35.0 Å². The molecule has 1 fully saturated rings. The first-order chi connectivity index (χ1) is 15.8. The van der Waals surface area contributed by atoms with E-state index in [1.54, 1.807) is 0 Å². The van der Waals surface area contributed by atoms with E-state index >= 15 is 0 Å². The molecular formula is C24H33N7OS. The van der Waals surface area contributed by atoms with Gasteiger partial charge in [0.15, 0.2) is 0 Å². The number of aromatic nitrogens is 1. The predicted octanol–water partition coefficient (Wildman–Crippen LogP) is 3.49. The second-order valence-electron chi connectivity index (χ2n) is 9.46. The van der Waals surface area contributed by atoms with Gasteiger partial charge in [0.05, 0.1) is 11.4 Å². The van der Waals surface area contributed by atoms with Crippen molar-refractivity contribution in [1.82, 2.24) is 20.1 Å². The lowest BCUT2D eigenvalue weighted by molar-refractivity contribution is -0.127. The molecule has 4 rings (SSSR count). The maximum absolute atomic E-state index is 12.5. The maximum atomic E-state index is 12.5. The fraction of sp³-hybridized carbons (Fsp3) is 0.417. The Hall–Kier alpha value is -2.91. The van der Waals surface area contributed by atoms with E-state index in [1.165, 1.54) is 17.6 Å². The Bertz CT molecular complexity index is 1010. The van der Waals surface area contributed by atoms with Crippen LogP contribution in [0, 0.1) is 5.41 Å². The second-order valence-corrected chi connectivity index (χ2v) is 10.1. The number of benzene rings is 1. The van der Waals surface area contributed by atoms with E-state index in [-0.39, 0.29) is 11.3 Å². The van der Waals surface area contributed by atoms with E-state index in [4.69, 9.17) is 4.98 Å². The molecule has 1 aromatic heterocycles. The molecule has 8 nitrogen and oxygen atoms in total. The maximum Gasteiger partial charge on any atom is 0.272 e. The van der Waals surface area contributed by atoms with Gasteiger partial charge in [0, 0.05) is 56.4 Å². The molecule has 4 N–H and O–H groups in total. The van der Waals surface area contributed by atoms with E-state index in [1.807, 2.05) is 17.4 Å². The van der Waals surface area contributed by atoms with Gasteiger partial charge < -0.3 is 25.9 Å². The zero-order valence-electron chi connectivity index (χ0n) is 19.7. The highest BCUT2D eigenvalue weighted by molar-refractivity contribution is 8.00. The zero-order valence-corrected chi connectivity index (χ0v) is 20.6. The van der Waals surface area contributed by atoms with Crippen LogP contribution in [0.3, 0.4) is 0 Å². The highest BCUT2D eigenvalue weighted by Gasteiger charge is 2.25. The molecule has 2 aliphatic rings. The molecule has 176 valence electrons. The van der Waals surface area contributed by atoms with Crippen molar-refractivity contribution in [2.24, 2.45) is 5.41 Å². The molecule has 2 aromatic rings. The lowest BCUT2D eigenvalue weighted by atomic mass is 9.97. The number of hydrazine groups is 1. The molecule has 0 aliphatic carbocycles. The van der Waals surface area contributed by atoms with Crippen LogP contribution >= 0.6 is 11.9 Å². The standard InChI is InChI=1S/C24H33N7OS/c1-24(2,3)16-26-20-10-9-19(27-22(20)25-4)17-5-7-18(8-6-17)30-11-13-31(14-12-30)23(32)21-15-33-29-28-21/h5-10,15,26,28-29H,11-14,16H2,1-4H3,(H,25,27). The number of carbonyl (C=O) groups is 1. The van der Waals surface area contributed by atoms with Gasteiger partial charge in [-0.25, -0.2) is 4.98 Å². The molecule has 2 aliphatic heterocycles. The molecule has 0 bridgehead atoms. The van der Waals surface area contributed by atoms with E-state index in [2.05, 4.69) is 83.0 Å². The van der Waals surface area contributed by atoms with Gasteiger partial charge in [-0.3, -0.25) is 4.79 Å². The summed E-state index contributed by atoms with van der Waals surface area (Å²) < 4.78 is 0. The normalized spacial score (nSPS) is 16.3. The first-order valence-corrected chi connectivity index (χ1v) is 12.2. The Morgan fingerprint density at radius 2 is 1.82 bits per heavy atom.